The molecule has 8 nitrogen and oxygen atoms in total. The molecule has 11 heteroatoms. The largest absolute Gasteiger partial charge is 0.416 e. The molecular formula is C24H36F3N5O3. The van der Waals surface area contributed by atoms with E-state index in [4.69, 9.17) is 0 Å². The number of hydrogen-bond donors (Lipinski definition) is 3. The van der Waals surface area contributed by atoms with Crippen molar-refractivity contribution in [2.45, 2.75) is 38.1 Å². The monoisotopic (exact) mass is 499 g/mol. The van der Waals surface area contributed by atoms with E-state index in [9.17, 15) is 27.9 Å². The van der Waals surface area contributed by atoms with E-state index in [2.05, 4.69) is 25.3 Å². The van der Waals surface area contributed by atoms with Gasteiger partial charge in [-0.15, -0.1) is 0 Å². The number of rotatable bonds is 9. The molecule has 1 aromatic carbocycles. The highest BCUT2D eigenvalue weighted by atomic mass is 19.4. The maximum Gasteiger partial charge on any atom is 0.416 e. The average Bonchev–Trinajstić information content (AvgIpc) is 3.22. The quantitative estimate of drug-likeness (QED) is 0.470. The molecule has 0 aliphatic carbocycles. The summed E-state index contributed by atoms with van der Waals surface area (Å²) >= 11 is 0. The second kappa shape index (κ2) is 11.7. The van der Waals surface area contributed by atoms with Crippen molar-refractivity contribution >= 4 is 11.8 Å². The minimum atomic E-state index is -4.53. The smallest absolute Gasteiger partial charge is 0.389 e. The van der Waals surface area contributed by atoms with Crippen LogP contribution in [-0.4, -0.2) is 109 Å². The normalized spacial score (nSPS) is 20.7. The van der Waals surface area contributed by atoms with Crippen LogP contribution >= 0.6 is 0 Å². The highest BCUT2D eigenvalue weighted by Gasteiger charge is 2.31. The third-order valence-electron chi connectivity index (χ3n) is 6.31. The molecule has 35 heavy (non-hydrogen) atoms. The van der Waals surface area contributed by atoms with Crippen LogP contribution < -0.4 is 10.6 Å². The first kappa shape index (κ1) is 27.4. The Morgan fingerprint density at radius 1 is 1.03 bits per heavy atom. The van der Waals surface area contributed by atoms with Crippen LogP contribution in [0.4, 0.5) is 13.2 Å². The van der Waals surface area contributed by atoms with Gasteiger partial charge < -0.3 is 15.7 Å². The summed E-state index contributed by atoms with van der Waals surface area (Å²) in [5.41, 5.74) is -1.73. The third-order valence-corrected chi connectivity index (χ3v) is 6.31. The standard InChI is InChI=1S/C24H36F3N5O3/c1-23(2,35)17-32-12-9-30(10-13-32)8-11-31-7-6-20(16-31)29-21(33)15-28-22(34)18-4-3-5-19(14-18)24(25,26)27/h3-5,14,20,35H,6-13,15-17H2,1-2H3,(H,28,34)(H,29,33)/t20-/m1/s1. The number of likely N-dealkylation sites (tertiary alicyclic amines) is 1. The maximum absolute atomic E-state index is 12.8. The van der Waals surface area contributed by atoms with E-state index in [0.29, 0.717) is 6.54 Å². The van der Waals surface area contributed by atoms with Crippen molar-refractivity contribution in [3.8, 4) is 0 Å². The zero-order valence-corrected chi connectivity index (χ0v) is 20.4. The number of carbonyl (C=O) groups is 2. The summed E-state index contributed by atoms with van der Waals surface area (Å²) in [6.45, 7) is 11.3. The molecule has 3 N–H and O–H groups in total. The highest BCUT2D eigenvalue weighted by Crippen LogP contribution is 2.29. The van der Waals surface area contributed by atoms with Gasteiger partial charge in [-0.2, -0.15) is 13.2 Å². The van der Waals surface area contributed by atoms with Gasteiger partial charge in [0.25, 0.3) is 5.91 Å². The lowest BCUT2D eigenvalue weighted by Crippen LogP contribution is -2.51. The zero-order valence-electron chi connectivity index (χ0n) is 20.4. The second-order valence-corrected chi connectivity index (χ2v) is 10.0. The van der Waals surface area contributed by atoms with Gasteiger partial charge in [0, 0.05) is 70.5 Å². The van der Waals surface area contributed by atoms with Crippen LogP contribution in [0.25, 0.3) is 0 Å². The lowest BCUT2D eigenvalue weighted by atomic mass is 10.1. The predicted molar refractivity (Wildman–Crippen MR) is 126 cm³/mol. The number of amides is 2. The summed E-state index contributed by atoms with van der Waals surface area (Å²) in [5, 5.41) is 15.3. The number of carbonyl (C=O) groups excluding carboxylic acids is 2. The van der Waals surface area contributed by atoms with Crippen molar-refractivity contribution in [2.75, 3.05) is 65.4 Å². The van der Waals surface area contributed by atoms with Gasteiger partial charge in [0.1, 0.15) is 0 Å². The molecule has 196 valence electrons. The maximum atomic E-state index is 12.8. The molecule has 1 atom stereocenters. The molecule has 2 amide bonds. The van der Waals surface area contributed by atoms with Crippen molar-refractivity contribution in [1.29, 1.82) is 0 Å². The number of nitrogens with one attached hydrogen (secondary N) is 2. The van der Waals surface area contributed by atoms with E-state index >= 15 is 0 Å². The van der Waals surface area contributed by atoms with Gasteiger partial charge in [-0.3, -0.25) is 24.3 Å². The summed E-state index contributed by atoms with van der Waals surface area (Å²) in [7, 11) is 0. The van der Waals surface area contributed by atoms with Gasteiger partial charge in [0.05, 0.1) is 17.7 Å². The molecule has 0 radical (unpaired) electrons. The van der Waals surface area contributed by atoms with Crippen LogP contribution in [0, 0.1) is 0 Å². The van der Waals surface area contributed by atoms with E-state index in [0.717, 1.165) is 70.9 Å². The Bertz CT molecular complexity index is 867. The van der Waals surface area contributed by atoms with Crippen LogP contribution in [0.15, 0.2) is 24.3 Å². The Kier molecular flexibility index (Phi) is 9.14. The summed E-state index contributed by atoms with van der Waals surface area (Å²) in [5.74, 6) is -1.08. The van der Waals surface area contributed by atoms with E-state index in [1.54, 1.807) is 0 Å². The molecular weight excluding hydrogens is 463 g/mol. The van der Waals surface area contributed by atoms with Crippen molar-refractivity contribution in [2.24, 2.45) is 0 Å². The number of piperazine rings is 1. The minimum absolute atomic E-state index is 0.0170. The molecule has 2 fully saturated rings. The Morgan fingerprint density at radius 2 is 1.69 bits per heavy atom. The number of alkyl halides is 3. The molecule has 1 aromatic rings. The van der Waals surface area contributed by atoms with Crippen LogP contribution in [0.1, 0.15) is 36.2 Å². The van der Waals surface area contributed by atoms with E-state index in [1.807, 2.05) is 13.8 Å². The van der Waals surface area contributed by atoms with Gasteiger partial charge in [-0.25, -0.2) is 0 Å². The fourth-order valence-electron chi connectivity index (χ4n) is 4.53. The van der Waals surface area contributed by atoms with E-state index in [-0.39, 0.29) is 24.1 Å². The van der Waals surface area contributed by atoms with Gasteiger partial charge >= 0.3 is 6.18 Å². The first-order chi connectivity index (χ1) is 16.4. The van der Waals surface area contributed by atoms with Gasteiger partial charge in [0.15, 0.2) is 0 Å². The third kappa shape index (κ3) is 9.06. The lowest BCUT2D eigenvalue weighted by Gasteiger charge is -2.37. The average molecular weight is 500 g/mol. The number of halogens is 3. The van der Waals surface area contributed by atoms with E-state index in [1.165, 1.54) is 12.1 Å². The molecule has 2 saturated heterocycles. The summed E-state index contributed by atoms with van der Waals surface area (Å²) < 4.78 is 38.5. The SMILES string of the molecule is CC(C)(O)CN1CCN(CCN2CC[C@@H](NC(=O)CNC(=O)c3cccc(C(F)(F)F)c3)C2)CC1. The molecule has 2 heterocycles. The summed E-state index contributed by atoms with van der Waals surface area (Å²) in [6.07, 6.45) is -3.72. The van der Waals surface area contributed by atoms with Crippen LogP contribution in [0.3, 0.4) is 0 Å². The molecule has 0 spiro atoms. The number of nitrogens with zero attached hydrogens (tertiary/aromatic N) is 3. The molecule has 0 bridgehead atoms. The molecule has 0 saturated carbocycles. The fraction of sp³-hybridized carbons (Fsp3) is 0.667. The first-order valence-corrected chi connectivity index (χ1v) is 12.0. The number of benzene rings is 1. The topological polar surface area (TPSA) is 88.2 Å². The Labute approximate surface area is 204 Å². The lowest BCUT2D eigenvalue weighted by molar-refractivity contribution is -0.137. The van der Waals surface area contributed by atoms with Crippen LogP contribution in [0.2, 0.25) is 0 Å². The van der Waals surface area contributed by atoms with Crippen molar-refractivity contribution in [3.63, 3.8) is 0 Å². The van der Waals surface area contributed by atoms with Crippen LogP contribution in [0.5, 0.6) is 0 Å². The van der Waals surface area contributed by atoms with Crippen molar-refractivity contribution < 1.29 is 27.9 Å². The number of β-amino-alcohol motifs (C(OH)–C–C–N with tert-alkyl or cyclic N) is 1. The van der Waals surface area contributed by atoms with Gasteiger partial charge in [-0.05, 0) is 38.5 Å². The van der Waals surface area contributed by atoms with Gasteiger partial charge in [-0.1, -0.05) is 6.07 Å². The highest BCUT2D eigenvalue weighted by molar-refractivity contribution is 5.96. The molecule has 3 rings (SSSR count). The van der Waals surface area contributed by atoms with Crippen molar-refractivity contribution in [1.82, 2.24) is 25.3 Å². The van der Waals surface area contributed by atoms with E-state index < -0.39 is 23.2 Å². The minimum Gasteiger partial charge on any atom is -0.389 e. The predicted octanol–water partition coefficient (Wildman–Crippen LogP) is 1.01. The second-order valence-electron chi connectivity index (χ2n) is 10.0. The van der Waals surface area contributed by atoms with Gasteiger partial charge in [0.2, 0.25) is 5.91 Å². The zero-order chi connectivity index (χ0) is 25.6. The van der Waals surface area contributed by atoms with Crippen molar-refractivity contribution in [3.05, 3.63) is 35.4 Å². The summed E-state index contributed by atoms with van der Waals surface area (Å²) in [4.78, 5) is 31.4. The number of hydrogen-bond acceptors (Lipinski definition) is 6. The summed E-state index contributed by atoms with van der Waals surface area (Å²) in [6, 6.07) is 4.10. The molecule has 0 aromatic heterocycles. The number of aliphatic hydroxyl groups is 1. The molecule has 2 aliphatic rings. The Morgan fingerprint density at radius 3 is 2.34 bits per heavy atom. The Hall–Kier alpha value is -2.21. The van der Waals surface area contributed by atoms with Crippen LogP contribution in [-0.2, 0) is 11.0 Å². The fourth-order valence-corrected chi connectivity index (χ4v) is 4.53. The molecule has 2 aliphatic heterocycles. The molecule has 0 unspecified atom stereocenters. The Balaban J connectivity index is 1.32. The first-order valence-electron chi connectivity index (χ1n) is 12.0.